The Morgan fingerprint density at radius 2 is 1.63 bits per heavy atom. The number of amides is 2. The van der Waals surface area contributed by atoms with E-state index in [2.05, 4.69) is 5.32 Å². The van der Waals surface area contributed by atoms with Crippen molar-refractivity contribution in [3.63, 3.8) is 0 Å². The molecule has 0 saturated carbocycles. The molecular formula is C28H31Cl2N3O4S. The minimum absolute atomic E-state index is 0.0132. The fourth-order valence-corrected chi connectivity index (χ4v) is 5.36. The Hall–Kier alpha value is -3.07. The summed E-state index contributed by atoms with van der Waals surface area (Å²) in [5, 5.41) is 3.59. The quantitative estimate of drug-likeness (QED) is 0.354. The van der Waals surface area contributed by atoms with Gasteiger partial charge in [0.25, 0.3) is 0 Å². The summed E-state index contributed by atoms with van der Waals surface area (Å²) in [6.45, 7) is 3.40. The summed E-state index contributed by atoms with van der Waals surface area (Å²) < 4.78 is 26.8. The molecule has 38 heavy (non-hydrogen) atoms. The van der Waals surface area contributed by atoms with Crippen molar-refractivity contribution in [1.29, 1.82) is 0 Å². The molecule has 0 bridgehead atoms. The maximum atomic E-state index is 14.0. The Bertz CT molecular complexity index is 1380. The largest absolute Gasteiger partial charge is 0.355 e. The monoisotopic (exact) mass is 575 g/mol. The predicted molar refractivity (Wildman–Crippen MR) is 153 cm³/mol. The summed E-state index contributed by atoms with van der Waals surface area (Å²) in [6, 6.07) is 20.3. The second kappa shape index (κ2) is 13.1. The molecule has 1 N–H and O–H groups in total. The zero-order chi connectivity index (χ0) is 27.9. The van der Waals surface area contributed by atoms with Crippen molar-refractivity contribution in [2.24, 2.45) is 0 Å². The summed E-state index contributed by atoms with van der Waals surface area (Å²) in [6.07, 6.45) is 1.27. The second-order valence-electron chi connectivity index (χ2n) is 8.91. The van der Waals surface area contributed by atoms with E-state index in [4.69, 9.17) is 23.2 Å². The number of hydrogen-bond donors (Lipinski definition) is 1. The number of carbonyl (C=O) groups excluding carboxylic acids is 2. The molecule has 0 aliphatic rings. The van der Waals surface area contributed by atoms with Crippen LogP contribution in [0.5, 0.6) is 0 Å². The summed E-state index contributed by atoms with van der Waals surface area (Å²) in [7, 11) is -3.88. The van der Waals surface area contributed by atoms with Gasteiger partial charge in [0.15, 0.2) is 0 Å². The van der Waals surface area contributed by atoms with Crippen molar-refractivity contribution in [1.82, 2.24) is 10.2 Å². The molecule has 0 saturated heterocycles. The van der Waals surface area contributed by atoms with E-state index in [1.54, 1.807) is 50.2 Å². The molecular weight excluding hydrogens is 545 g/mol. The molecule has 0 aromatic heterocycles. The van der Waals surface area contributed by atoms with Gasteiger partial charge in [-0.25, -0.2) is 8.42 Å². The zero-order valence-corrected chi connectivity index (χ0v) is 23.9. The molecule has 2 amide bonds. The van der Waals surface area contributed by atoms with Crippen molar-refractivity contribution in [3.05, 3.63) is 99.5 Å². The number of nitrogens with one attached hydrogen (secondary N) is 1. The number of nitrogens with zero attached hydrogens (tertiary/aromatic N) is 2. The van der Waals surface area contributed by atoms with Gasteiger partial charge in [-0.2, -0.15) is 0 Å². The highest BCUT2D eigenvalue weighted by atomic mass is 35.5. The fourth-order valence-electron chi connectivity index (χ4n) is 4.10. The lowest BCUT2D eigenvalue weighted by molar-refractivity contribution is -0.140. The van der Waals surface area contributed by atoms with Gasteiger partial charge in [0.05, 0.1) is 11.9 Å². The smallest absolute Gasteiger partial charge is 0.244 e. The number of halogens is 2. The Morgan fingerprint density at radius 3 is 2.26 bits per heavy atom. The number of rotatable bonds is 11. The van der Waals surface area contributed by atoms with Crippen LogP contribution in [0.2, 0.25) is 10.0 Å². The normalized spacial score (nSPS) is 12.0. The number of benzene rings is 3. The van der Waals surface area contributed by atoms with Crippen LogP contribution in [-0.2, 0) is 32.6 Å². The summed E-state index contributed by atoms with van der Waals surface area (Å²) in [4.78, 5) is 28.7. The van der Waals surface area contributed by atoms with Crippen molar-refractivity contribution in [3.8, 4) is 0 Å². The number of carbonyl (C=O) groups is 2. The molecule has 3 aromatic carbocycles. The van der Waals surface area contributed by atoms with Gasteiger partial charge in [-0.05, 0) is 48.7 Å². The second-order valence-corrected chi connectivity index (χ2v) is 11.7. The van der Waals surface area contributed by atoms with E-state index in [-0.39, 0.29) is 18.9 Å². The van der Waals surface area contributed by atoms with Gasteiger partial charge in [0, 0.05) is 29.6 Å². The average Bonchev–Trinajstić information content (AvgIpc) is 2.87. The standard InChI is InChI=1S/C28H31Cl2N3O4S/c1-4-31-28(35)26(16-21-10-6-5-7-11-21)32(18-22-12-8-9-13-24(22)30)27(34)19-33(38(3,36)37)25-17-23(29)15-14-20(25)2/h5-15,17,26H,4,16,18-19H2,1-3H3,(H,31,35)/t26-/m1/s1. The topological polar surface area (TPSA) is 86.8 Å². The first-order valence-corrected chi connectivity index (χ1v) is 14.7. The van der Waals surface area contributed by atoms with Gasteiger partial charge < -0.3 is 10.2 Å². The van der Waals surface area contributed by atoms with E-state index in [1.807, 2.05) is 30.3 Å². The maximum absolute atomic E-state index is 14.0. The van der Waals surface area contributed by atoms with Crippen LogP contribution >= 0.6 is 23.2 Å². The van der Waals surface area contributed by atoms with Crippen LogP contribution in [0.4, 0.5) is 5.69 Å². The van der Waals surface area contributed by atoms with Crippen molar-refractivity contribution in [2.45, 2.75) is 32.9 Å². The minimum Gasteiger partial charge on any atom is -0.355 e. The molecule has 1 atom stereocenters. The third-order valence-electron chi connectivity index (χ3n) is 6.04. The SMILES string of the molecule is CCNC(=O)[C@@H](Cc1ccccc1)N(Cc1ccccc1Cl)C(=O)CN(c1cc(Cl)ccc1C)S(C)(=O)=O. The predicted octanol–water partition coefficient (Wildman–Crippen LogP) is 4.84. The van der Waals surface area contributed by atoms with Gasteiger partial charge in [0.1, 0.15) is 12.6 Å². The zero-order valence-electron chi connectivity index (χ0n) is 21.5. The van der Waals surface area contributed by atoms with Gasteiger partial charge >= 0.3 is 0 Å². The molecule has 0 heterocycles. The van der Waals surface area contributed by atoms with E-state index >= 15 is 0 Å². The number of sulfonamides is 1. The van der Waals surface area contributed by atoms with Crippen LogP contribution in [0.15, 0.2) is 72.8 Å². The molecule has 3 rings (SSSR count). The Balaban J connectivity index is 2.08. The molecule has 7 nitrogen and oxygen atoms in total. The van der Waals surface area contributed by atoms with Crippen LogP contribution in [0.25, 0.3) is 0 Å². The third-order valence-corrected chi connectivity index (χ3v) is 7.77. The molecule has 0 radical (unpaired) electrons. The lowest BCUT2D eigenvalue weighted by atomic mass is 10.0. The van der Waals surface area contributed by atoms with Gasteiger partial charge in [-0.3, -0.25) is 13.9 Å². The minimum atomic E-state index is -3.88. The van der Waals surface area contributed by atoms with Gasteiger partial charge in [-0.1, -0.05) is 77.8 Å². The van der Waals surface area contributed by atoms with E-state index in [9.17, 15) is 18.0 Å². The van der Waals surface area contributed by atoms with Crippen LogP contribution in [-0.4, -0.2) is 50.5 Å². The third kappa shape index (κ3) is 7.72. The summed E-state index contributed by atoms with van der Waals surface area (Å²) in [5.74, 6) is -0.900. The van der Waals surface area contributed by atoms with Crippen LogP contribution in [0, 0.1) is 6.92 Å². The molecule has 202 valence electrons. The fraction of sp³-hybridized carbons (Fsp3) is 0.286. The van der Waals surface area contributed by atoms with E-state index < -0.39 is 28.5 Å². The van der Waals surface area contributed by atoms with Crippen molar-refractivity contribution < 1.29 is 18.0 Å². The van der Waals surface area contributed by atoms with Crippen molar-refractivity contribution >= 4 is 50.7 Å². The van der Waals surface area contributed by atoms with Crippen molar-refractivity contribution in [2.75, 3.05) is 23.7 Å². The highest BCUT2D eigenvalue weighted by Crippen LogP contribution is 2.27. The molecule has 0 unspecified atom stereocenters. The first-order valence-electron chi connectivity index (χ1n) is 12.1. The first-order chi connectivity index (χ1) is 18.0. The van der Waals surface area contributed by atoms with Gasteiger partial charge in [0.2, 0.25) is 21.8 Å². The molecule has 0 spiro atoms. The molecule has 10 heteroatoms. The lowest BCUT2D eigenvalue weighted by Gasteiger charge is -2.34. The van der Waals surface area contributed by atoms with Crippen LogP contribution in [0.3, 0.4) is 0 Å². The lowest BCUT2D eigenvalue weighted by Crippen LogP contribution is -2.53. The summed E-state index contributed by atoms with van der Waals surface area (Å²) in [5.41, 5.74) is 2.42. The first kappa shape index (κ1) is 29.5. The number of likely N-dealkylation sites (N-methyl/N-ethyl adjacent to an activating group) is 1. The highest BCUT2D eigenvalue weighted by molar-refractivity contribution is 7.92. The Labute approximate surface area is 234 Å². The Kier molecular flexibility index (Phi) is 10.2. The van der Waals surface area contributed by atoms with Crippen LogP contribution in [0.1, 0.15) is 23.6 Å². The highest BCUT2D eigenvalue weighted by Gasteiger charge is 2.33. The maximum Gasteiger partial charge on any atom is 0.244 e. The molecule has 0 aliphatic carbocycles. The Morgan fingerprint density at radius 1 is 0.974 bits per heavy atom. The number of hydrogen-bond acceptors (Lipinski definition) is 4. The summed E-state index contributed by atoms with van der Waals surface area (Å²) >= 11 is 12.6. The van der Waals surface area contributed by atoms with Crippen LogP contribution < -0.4 is 9.62 Å². The number of anilines is 1. The van der Waals surface area contributed by atoms with E-state index in [0.29, 0.717) is 33.4 Å². The molecule has 0 fully saturated rings. The van der Waals surface area contributed by atoms with E-state index in [1.165, 1.54) is 11.0 Å². The van der Waals surface area contributed by atoms with E-state index in [0.717, 1.165) is 16.1 Å². The molecule has 0 aliphatic heterocycles. The number of aryl methyl sites for hydroxylation is 1. The average molecular weight is 577 g/mol. The molecule has 3 aromatic rings. The van der Waals surface area contributed by atoms with Gasteiger partial charge in [-0.15, -0.1) is 0 Å².